The number of ether oxygens (including phenoxy) is 1. The highest BCUT2D eigenvalue weighted by molar-refractivity contribution is 8.00. The van der Waals surface area contributed by atoms with Gasteiger partial charge in [-0.2, -0.15) is 0 Å². The van der Waals surface area contributed by atoms with Crippen molar-refractivity contribution < 1.29 is 14.6 Å². The van der Waals surface area contributed by atoms with Crippen LogP contribution < -0.4 is 10.1 Å². The molecule has 0 aliphatic carbocycles. The number of aliphatic hydroxyl groups is 1. The van der Waals surface area contributed by atoms with Gasteiger partial charge in [0.25, 0.3) is 0 Å². The summed E-state index contributed by atoms with van der Waals surface area (Å²) in [6, 6.07) is 7.17. The van der Waals surface area contributed by atoms with E-state index >= 15 is 0 Å². The molecule has 1 amide bonds. The Morgan fingerprint density at radius 3 is 2.65 bits per heavy atom. The van der Waals surface area contributed by atoms with Gasteiger partial charge in [0.05, 0.1) is 19.0 Å². The highest BCUT2D eigenvalue weighted by Gasteiger charge is 2.12. The first-order valence-electron chi connectivity index (χ1n) is 5.34. The van der Waals surface area contributed by atoms with Gasteiger partial charge in [-0.25, -0.2) is 0 Å². The normalized spacial score (nSPS) is 11.9. The number of amides is 1. The molecule has 5 heteroatoms. The summed E-state index contributed by atoms with van der Waals surface area (Å²) in [4.78, 5) is 11.7. The average molecular weight is 255 g/mol. The van der Waals surface area contributed by atoms with Crippen LogP contribution in [0.25, 0.3) is 0 Å². The summed E-state index contributed by atoms with van der Waals surface area (Å²) in [5, 5.41) is 11.3. The van der Waals surface area contributed by atoms with Crippen LogP contribution in [0.3, 0.4) is 0 Å². The number of methoxy groups -OCH3 is 1. The lowest BCUT2D eigenvalue weighted by molar-refractivity contribution is -0.115. The highest BCUT2D eigenvalue weighted by atomic mass is 32.2. The third kappa shape index (κ3) is 4.66. The molecule has 4 nitrogen and oxygen atoms in total. The van der Waals surface area contributed by atoms with Crippen LogP contribution in [0.1, 0.15) is 6.92 Å². The molecule has 94 valence electrons. The molecule has 0 radical (unpaired) electrons. The van der Waals surface area contributed by atoms with E-state index in [1.807, 2.05) is 6.92 Å². The molecule has 0 aliphatic rings. The molecule has 2 N–H and O–H groups in total. The Labute approximate surface area is 105 Å². The van der Waals surface area contributed by atoms with Gasteiger partial charge in [-0.3, -0.25) is 4.79 Å². The molecule has 0 aromatic heterocycles. The van der Waals surface area contributed by atoms with E-state index in [0.717, 1.165) is 11.4 Å². The van der Waals surface area contributed by atoms with E-state index in [1.165, 1.54) is 11.8 Å². The van der Waals surface area contributed by atoms with Crippen molar-refractivity contribution in [2.45, 2.75) is 12.2 Å². The van der Waals surface area contributed by atoms with Gasteiger partial charge in [0, 0.05) is 11.4 Å². The van der Waals surface area contributed by atoms with Gasteiger partial charge in [-0.15, -0.1) is 11.8 Å². The highest BCUT2D eigenvalue weighted by Crippen LogP contribution is 2.17. The molecule has 1 atom stereocenters. The Morgan fingerprint density at radius 1 is 1.47 bits per heavy atom. The summed E-state index contributed by atoms with van der Waals surface area (Å²) in [6.07, 6.45) is 0. The number of hydrogen-bond acceptors (Lipinski definition) is 4. The summed E-state index contributed by atoms with van der Waals surface area (Å²) >= 11 is 1.42. The van der Waals surface area contributed by atoms with E-state index in [-0.39, 0.29) is 17.8 Å². The number of nitrogens with one attached hydrogen (secondary N) is 1. The minimum absolute atomic E-state index is 0.0615. The molecular formula is C12H17NO3S. The fourth-order valence-corrected chi connectivity index (χ4v) is 1.89. The van der Waals surface area contributed by atoms with Gasteiger partial charge in [-0.1, -0.05) is 0 Å². The third-order valence-corrected chi connectivity index (χ3v) is 3.32. The molecule has 1 aromatic rings. The minimum Gasteiger partial charge on any atom is -0.497 e. The predicted octanol–water partition coefficient (Wildman–Crippen LogP) is 1.75. The van der Waals surface area contributed by atoms with Crippen LogP contribution in [-0.2, 0) is 4.79 Å². The van der Waals surface area contributed by atoms with Crippen LogP contribution in [0.2, 0.25) is 0 Å². The number of carbonyl (C=O) groups excluding carboxylic acids is 1. The lowest BCUT2D eigenvalue weighted by Crippen LogP contribution is -2.23. The van der Waals surface area contributed by atoms with Gasteiger partial charge in [0.15, 0.2) is 0 Å². The number of aliphatic hydroxyl groups excluding tert-OH is 1. The van der Waals surface area contributed by atoms with E-state index in [1.54, 1.807) is 31.4 Å². The summed E-state index contributed by atoms with van der Waals surface area (Å²) in [5.74, 6) is 1.26. The molecule has 1 rings (SSSR count). The van der Waals surface area contributed by atoms with E-state index in [4.69, 9.17) is 9.84 Å². The summed E-state index contributed by atoms with van der Waals surface area (Å²) in [7, 11) is 1.60. The zero-order valence-corrected chi connectivity index (χ0v) is 10.8. The van der Waals surface area contributed by atoms with E-state index < -0.39 is 0 Å². The lowest BCUT2D eigenvalue weighted by Gasteiger charge is -2.11. The quantitative estimate of drug-likeness (QED) is 0.813. The molecule has 1 aromatic carbocycles. The second-order valence-electron chi connectivity index (χ2n) is 3.45. The average Bonchev–Trinajstić information content (AvgIpc) is 2.36. The summed E-state index contributed by atoms with van der Waals surface area (Å²) in [5.41, 5.74) is 0.743. The van der Waals surface area contributed by atoms with Gasteiger partial charge in [0.1, 0.15) is 5.75 Å². The van der Waals surface area contributed by atoms with Crippen molar-refractivity contribution in [2.75, 3.05) is 24.8 Å². The van der Waals surface area contributed by atoms with Crippen molar-refractivity contribution in [1.29, 1.82) is 0 Å². The monoisotopic (exact) mass is 255 g/mol. The Bertz CT molecular complexity index is 353. The second kappa shape index (κ2) is 7.19. The molecule has 0 heterocycles. The molecule has 0 aliphatic heterocycles. The van der Waals surface area contributed by atoms with E-state index in [2.05, 4.69) is 5.32 Å². The van der Waals surface area contributed by atoms with Crippen LogP contribution in [0, 0.1) is 0 Å². The van der Waals surface area contributed by atoms with Gasteiger partial charge >= 0.3 is 0 Å². The molecule has 0 saturated carbocycles. The first-order valence-corrected chi connectivity index (χ1v) is 6.39. The van der Waals surface area contributed by atoms with Crippen LogP contribution in [-0.4, -0.2) is 35.7 Å². The fraction of sp³-hybridized carbons (Fsp3) is 0.417. The zero-order chi connectivity index (χ0) is 12.7. The standard InChI is InChI=1S/C12H17NO3S/c1-9(17-8-7-14)12(15)13-10-3-5-11(16-2)6-4-10/h3-6,9,14H,7-8H2,1-2H3,(H,13,15)/t9-/m0/s1. The summed E-state index contributed by atoms with van der Waals surface area (Å²) in [6.45, 7) is 1.91. The number of hydrogen-bond donors (Lipinski definition) is 2. The maximum atomic E-state index is 11.7. The van der Waals surface area contributed by atoms with Crippen molar-refractivity contribution in [3.8, 4) is 5.75 Å². The van der Waals surface area contributed by atoms with Crippen molar-refractivity contribution in [3.05, 3.63) is 24.3 Å². The van der Waals surface area contributed by atoms with E-state index in [9.17, 15) is 4.79 Å². The van der Waals surface area contributed by atoms with Crippen molar-refractivity contribution >= 4 is 23.4 Å². The predicted molar refractivity (Wildman–Crippen MR) is 70.6 cm³/mol. The van der Waals surface area contributed by atoms with Crippen LogP contribution in [0.15, 0.2) is 24.3 Å². The van der Waals surface area contributed by atoms with Crippen molar-refractivity contribution in [1.82, 2.24) is 0 Å². The number of benzene rings is 1. The number of rotatable bonds is 6. The molecule has 17 heavy (non-hydrogen) atoms. The molecular weight excluding hydrogens is 238 g/mol. The topological polar surface area (TPSA) is 58.6 Å². The van der Waals surface area contributed by atoms with Gasteiger partial charge in [-0.05, 0) is 31.2 Å². The maximum absolute atomic E-state index is 11.7. The summed E-state index contributed by atoms with van der Waals surface area (Å²) < 4.78 is 5.03. The first-order chi connectivity index (χ1) is 8.17. The smallest absolute Gasteiger partial charge is 0.237 e. The van der Waals surface area contributed by atoms with Crippen LogP contribution >= 0.6 is 11.8 Å². The second-order valence-corrected chi connectivity index (χ2v) is 4.90. The van der Waals surface area contributed by atoms with Crippen molar-refractivity contribution in [2.24, 2.45) is 0 Å². The van der Waals surface area contributed by atoms with Gasteiger partial charge in [0.2, 0.25) is 5.91 Å². The SMILES string of the molecule is COc1ccc(NC(=O)[C@H](C)SCCO)cc1. The molecule has 0 bridgehead atoms. The number of thioether (sulfide) groups is 1. The van der Waals surface area contributed by atoms with E-state index in [0.29, 0.717) is 5.75 Å². The Morgan fingerprint density at radius 2 is 2.12 bits per heavy atom. The Hall–Kier alpha value is -1.20. The van der Waals surface area contributed by atoms with Crippen molar-refractivity contribution in [3.63, 3.8) is 0 Å². The molecule has 0 unspecified atom stereocenters. The first kappa shape index (κ1) is 13.9. The maximum Gasteiger partial charge on any atom is 0.237 e. The number of carbonyl (C=O) groups is 1. The molecule has 0 saturated heterocycles. The fourth-order valence-electron chi connectivity index (χ4n) is 1.22. The minimum atomic E-state index is -0.177. The third-order valence-electron chi connectivity index (χ3n) is 2.19. The van der Waals surface area contributed by atoms with Crippen LogP contribution in [0.5, 0.6) is 5.75 Å². The largest absolute Gasteiger partial charge is 0.497 e. The zero-order valence-electron chi connectivity index (χ0n) is 9.97. The van der Waals surface area contributed by atoms with Crippen LogP contribution in [0.4, 0.5) is 5.69 Å². The lowest BCUT2D eigenvalue weighted by atomic mass is 10.3. The Balaban J connectivity index is 2.49. The number of anilines is 1. The molecule has 0 fully saturated rings. The Kier molecular flexibility index (Phi) is 5.86. The van der Waals surface area contributed by atoms with Gasteiger partial charge < -0.3 is 15.2 Å². The molecule has 0 spiro atoms.